The van der Waals surface area contributed by atoms with Crippen LogP contribution in [0.5, 0.6) is 5.75 Å². The fourth-order valence-corrected chi connectivity index (χ4v) is 2.72. The number of para-hydroxylation sites is 1. The van der Waals surface area contributed by atoms with Gasteiger partial charge in [0, 0.05) is 7.05 Å². The number of likely N-dealkylation sites (N-methyl/N-ethyl adjacent to an activating group) is 1. The van der Waals surface area contributed by atoms with E-state index in [4.69, 9.17) is 4.74 Å². The predicted octanol–water partition coefficient (Wildman–Crippen LogP) is 2.59. The smallest absolute Gasteiger partial charge is 0.244 e. The first-order chi connectivity index (χ1) is 12.0. The molecule has 0 N–H and O–H groups in total. The normalized spacial score (nSPS) is 10.8. The van der Waals surface area contributed by atoms with Gasteiger partial charge in [-0.1, -0.05) is 23.4 Å². The van der Waals surface area contributed by atoms with Crippen molar-refractivity contribution in [3.8, 4) is 5.75 Å². The zero-order valence-corrected chi connectivity index (χ0v) is 14.8. The Bertz CT molecular complexity index is 868. The lowest BCUT2D eigenvalue weighted by molar-refractivity contribution is -0.131. The SMILES string of the molecule is Cc1cc(C)cc(OCCN(C)C(=O)Cn2nnc3ccccc32)c1. The highest BCUT2D eigenvalue weighted by Crippen LogP contribution is 2.16. The van der Waals surface area contributed by atoms with Crippen LogP contribution in [-0.4, -0.2) is 46.0 Å². The largest absolute Gasteiger partial charge is 0.492 e. The third-order valence-corrected chi connectivity index (χ3v) is 4.02. The Morgan fingerprint density at radius 3 is 2.64 bits per heavy atom. The number of carbonyl (C=O) groups is 1. The number of aryl methyl sites for hydroxylation is 2. The number of benzene rings is 2. The van der Waals surface area contributed by atoms with E-state index in [9.17, 15) is 4.79 Å². The van der Waals surface area contributed by atoms with Crippen molar-refractivity contribution in [1.82, 2.24) is 19.9 Å². The van der Waals surface area contributed by atoms with E-state index in [-0.39, 0.29) is 12.5 Å². The van der Waals surface area contributed by atoms with Gasteiger partial charge in [-0.25, -0.2) is 4.68 Å². The molecule has 1 amide bonds. The summed E-state index contributed by atoms with van der Waals surface area (Å²) in [7, 11) is 1.77. The second-order valence-electron chi connectivity index (χ2n) is 6.22. The van der Waals surface area contributed by atoms with Crippen molar-refractivity contribution in [3.63, 3.8) is 0 Å². The number of rotatable bonds is 6. The molecule has 0 spiro atoms. The summed E-state index contributed by atoms with van der Waals surface area (Å²) < 4.78 is 7.39. The van der Waals surface area contributed by atoms with Crippen molar-refractivity contribution in [2.75, 3.05) is 20.2 Å². The van der Waals surface area contributed by atoms with E-state index in [0.717, 1.165) is 27.9 Å². The fourth-order valence-electron chi connectivity index (χ4n) is 2.72. The third kappa shape index (κ3) is 4.15. The van der Waals surface area contributed by atoms with Crippen LogP contribution >= 0.6 is 0 Å². The molecule has 1 heterocycles. The zero-order chi connectivity index (χ0) is 17.8. The van der Waals surface area contributed by atoms with Gasteiger partial charge in [-0.05, 0) is 49.2 Å². The summed E-state index contributed by atoms with van der Waals surface area (Å²) in [5.74, 6) is 0.806. The van der Waals surface area contributed by atoms with Crippen molar-refractivity contribution < 1.29 is 9.53 Å². The molecule has 0 radical (unpaired) electrons. The summed E-state index contributed by atoms with van der Waals surface area (Å²) in [4.78, 5) is 14.0. The molecule has 25 heavy (non-hydrogen) atoms. The summed E-state index contributed by atoms with van der Waals surface area (Å²) in [6.07, 6.45) is 0. The summed E-state index contributed by atoms with van der Waals surface area (Å²) in [5, 5.41) is 8.12. The summed E-state index contributed by atoms with van der Waals surface area (Å²) in [5.41, 5.74) is 3.97. The molecule has 1 aromatic heterocycles. The molecule has 0 fully saturated rings. The standard InChI is InChI=1S/C19H22N4O2/c1-14-10-15(2)12-16(11-14)25-9-8-22(3)19(24)13-23-18-7-5-4-6-17(18)20-21-23/h4-7,10-12H,8-9,13H2,1-3H3. The van der Waals surface area contributed by atoms with Crippen LogP contribution in [0.25, 0.3) is 11.0 Å². The molecule has 0 aliphatic heterocycles. The molecule has 130 valence electrons. The maximum Gasteiger partial charge on any atom is 0.244 e. The minimum absolute atomic E-state index is 0.0281. The fraction of sp³-hybridized carbons (Fsp3) is 0.316. The topological polar surface area (TPSA) is 60.2 Å². The third-order valence-electron chi connectivity index (χ3n) is 4.02. The van der Waals surface area contributed by atoms with E-state index in [0.29, 0.717) is 13.2 Å². The lowest BCUT2D eigenvalue weighted by atomic mass is 10.1. The number of carbonyl (C=O) groups excluding carboxylic acids is 1. The molecule has 6 nitrogen and oxygen atoms in total. The van der Waals surface area contributed by atoms with Crippen molar-refractivity contribution >= 4 is 16.9 Å². The van der Waals surface area contributed by atoms with E-state index in [2.05, 4.69) is 16.4 Å². The Hall–Kier alpha value is -2.89. The zero-order valence-electron chi connectivity index (χ0n) is 14.8. The predicted molar refractivity (Wildman–Crippen MR) is 96.6 cm³/mol. The molecule has 0 aliphatic rings. The van der Waals surface area contributed by atoms with Crippen LogP contribution in [-0.2, 0) is 11.3 Å². The van der Waals surface area contributed by atoms with Gasteiger partial charge in [0.05, 0.1) is 12.1 Å². The molecular weight excluding hydrogens is 316 g/mol. The molecule has 3 aromatic rings. The molecular formula is C19H22N4O2. The number of ether oxygens (including phenoxy) is 1. The Kier molecular flexibility index (Phi) is 4.97. The lowest BCUT2D eigenvalue weighted by Gasteiger charge is -2.18. The van der Waals surface area contributed by atoms with Gasteiger partial charge >= 0.3 is 0 Å². The maximum absolute atomic E-state index is 12.4. The molecule has 6 heteroatoms. The Balaban J connectivity index is 1.54. The number of amides is 1. The molecule has 0 saturated carbocycles. The first kappa shape index (κ1) is 17.0. The molecule has 3 rings (SSSR count). The highest BCUT2D eigenvalue weighted by Gasteiger charge is 2.12. The van der Waals surface area contributed by atoms with Crippen LogP contribution in [0.15, 0.2) is 42.5 Å². The van der Waals surface area contributed by atoms with Crippen LogP contribution in [0.2, 0.25) is 0 Å². The highest BCUT2D eigenvalue weighted by atomic mass is 16.5. The van der Waals surface area contributed by atoms with E-state index in [1.807, 2.05) is 50.2 Å². The van der Waals surface area contributed by atoms with Crippen LogP contribution in [0.4, 0.5) is 0 Å². The summed E-state index contributed by atoms with van der Waals surface area (Å²) in [6, 6.07) is 13.7. The highest BCUT2D eigenvalue weighted by molar-refractivity contribution is 5.79. The van der Waals surface area contributed by atoms with Crippen molar-refractivity contribution in [1.29, 1.82) is 0 Å². The van der Waals surface area contributed by atoms with Crippen LogP contribution in [0, 0.1) is 13.8 Å². The van der Waals surface area contributed by atoms with Crippen LogP contribution in [0.1, 0.15) is 11.1 Å². The molecule has 0 unspecified atom stereocenters. The van der Waals surface area contributed by atoms with Gasteiger partial charge < -0.3 is 9.64 Å². The number of fused-ring (bicyclic) bond motifs is 1. The van der Waals surface area contributed by atoms with E-state index in [1.165, 1.54) is 0 Å². The molecule has 0 bridgehead atoms. The maximum atomic E-state index is 12.4. The summed E-state index contributed by atoms with van der Waals surface area (Å²) in [6.45, 7) is 5.21. The van der Waals surface area contributed by atoms with Gasteiger partial charge in [0.1, 0.15) is 24.4 Å². The first-order valence-corrected chi connectivity index (χ1v) is 8.26. The number of nitrogens with zero attached hydrogens (tertiary/aromatic N) is 4. The minimum Gasteiger partial charge on any atom is -0.492 e. The van der Waals surface area contributed by atoms with Crippen LogP contribution in [0.3, 0.4) is 0 Å². The second-order valence-corrected chi connectivity index (χ2v) is 6.22. The molecule has 0 saturated heterocycles. The number of aromatic nitrogens is 3. The molecule has 0 aliphatic carbocycles. The van der Waals surface area contributed by atoms with Crippen molar-refractivity contribution in [3.05, 3.63) is 53.6 Å². The van der Waals surface area contributed by atoms with Crippen LogP contribution < -0.4 is 4.74 Å². The quantitative estimate of drug-likeness (QED) is 0.693. The van der Waals surface area contributed by atoms with E-state index in [1.54, 1.807) is 16.6 Å². The average molecular weight is 338 g/mol. The Morgan fingerprint density at radius 2 is 1.88 bits per heavy atom. The van der Waals surface area contributed by atoms with Crippen molar-refractivity contribution in [2.45, 2.75) is 20.4 Å². The molecule has 0 atom stereocenters. The van der Waals surface area contributed by atoms with E-state index >= 15 is 0 Å². The van der Waals surface area contributed by atoms with Gasteiger partial charge in [-0.3, -0.25) is 4.79 Å². The number of hydrogen-bond donors (Lipinski definition) is 0. The van der Waals surface area contributed by atoms with Gasteiger partial charge in [0.25, 0.3) is 0 Å². The monoisotopic (exact) mass is 338 g/mol. The summed E-state index contributed by atoms with van der Waals surface area (Å²) >= 11 is 0. The van der Waals surface area contributed by atoms with E-state index < -0.39 is 0 Å². The Labute approximate surface area is 147 Å². The second kappa shape index (κ2) is 7.34. The van der Waals surface area contributed by atoms with Gasteiger partial charge in [0.2, 0.25) is 5.91 Å². The molecule has 2 aromatic carbocycles. The minimum atomic E-state index is -0.0281. The van der Waals surface area contributed by atoms with Gasteiger partial charge in [-0.2, -0.15) is 0 Å². The lowest BCUT2D eigenvalue weighted by Crippen LogP contribution is -2.33. The average Bonchev–Trinajstić information content (AvgIpc) is 2.97. The van der Waals surface area contributed by atoms with Gasteiger partial charge in [-0.15, -0.1) is 5.10 Å². The van der Waals surface area contributed by atoms with Crippen molar-refractivity contribution in [2.24, 2.45) is 0 Å². The Morgan fingerprint density at radius 1 is 1.16 bits per heavy atom. The number of hydrogen-bond acceptors (Lipinski definition) is 4. The first-order valence-electron chi connectivity index (χ1n) is 8.26. The van der Waals surface area contributed by atoms with Gasteiger partial charge in [0.15, 0.2) is 0 Å².